The maximum Gasteiger partial charge on any atom is 0.133 e. The Labute approximate surface area is 91.3 Å². The van der Waals surface area contributed by atoms with Crippen molar-refractivity contribution in [2.45, 2.75) is 6.42 Å². The van der Waals surface area contributed by atoms with Gasteiger partial charge in [0.2, 0.25) is 0 Å². The molecule has 4 heteroatoms. The molecule has 2 aromatic rings. The van der Waals surface area contributed by atoms with Crippen LogP contribution < -0.4 is 0 Å². The quantitative estimate of drug-likeness (QED) is 0.797. The van der Waals surface area contributed by atoms with Crippen LogP contribution in [0.2, 0.25) is 5.15 Å². The molecule has 15 heavy (non-hydrogen) atoms. The van der Waals surface area contributed by atoms with Crippen molar-refractivity contribution in [3.8, 4) is 0 Å². The van der Waals surface area contributed by atoms with Crippen molar-refractivity contribution >= 4 is 22.5 Å². The smallest absolute Gasteiger partial charge is 0.133 e. The average Bonchev–Trinajstić information content (AvgIpc) is 2.20. The molecular weight excluding hydrogens is 217 g/mol. The normalized spacial score (nSPS) is 10.9. The lowest BCUT2D eigenvalue weighted by Crippen LogP contribution is -1.94. The van der Waals surface area contributed by atoms with Gasteiger partial charge in [0.25, 0.3) is 0 Å². The van der Waals surface area contributed by atoms with Crippen molar-refractivity contribution < 1.29 is 9.50 Å². The number of rotatable bonds is 2. The summed E-state index contributed by atoms with van der Waals surface area (Å²) in [7, 11) is 0. The Bertz CT molecular complexity index is 501. The number of aliphatic hydroxyl groups excluding tert-OH is 1. The molecule has 0 saturated carbocycles. The van der Waals surface area contributed by atoms with Gasteiger partial charge in [-0.05, 0) is 30.2 Å². The molecule has 2 nitrogen and oxygen atoms in total. The molecule has 0 radical (unpaired) electrons. The minimum atomic E-state index is -0.332. The Morgan fingerprint density at radius 3 is 2.87 bits per heavy atom. The van der Waals surface area contributed by atoms with Crippen molar-refractivity contribution in [2.24, 2.45) is 0 Å². The Kier molecular flexibility index (Phi) is 2.84. The van der Waals surface area contributed by atoms with Gasteiger partial charge < -0.3 is 5.11 Å². The first kappa shape index (κ1) is 10.3. The lowest BCUT2D eigenvalue weighted by atomic mass is 10.1. The molecule has 0 aliphatic carbocycles. The van der Waals surface area contributed by atoms with E-state index in [9.17, 15) is 4.39 Å². The molecule has 0 aliphatic rings. The molecule has 1 N–H and O–H groups in total. The summed E-state index contributed by atoms with van der Waals surface area (Å²) in [5.74, 6) is -0.332. The molecule has 0 unspecified atom stereocenters. The molecule has 1 heterocycles. The van der Waals surface area contributed by atoms with Crippen molar-refractivity contribution in [2.75, 3.05) is 6.61 Å². The topological polar surface area (TPSA) is 33.1 Å². The second-order valence-corrected chi connectivity index (χ2v) is 3.61. The van der Waals surface area contributed by atoms with Gasteiger partial charge in [0.15, 0.2) is 0 Å². The summed E-state index contributed by atoms with van der Waals surface area (Å²) in [6.07, 6.45) is 0.457. The summed E-state index contributed by atoms with van der Waals surface area (Å²) in [4.78, 5) is 4.07. The van der Waals surface area contributed by atoms with E-state index in [2.05, 4.69) is 4.98 Å². The van der Waals surface area contributed by atoms with Gasteiger partial charge in [-0.2, -0.15) is 0 Å². The molecule has 1 aromatic carbocycles. The molecule has 0 fully saturated rings. The fourth-order valence-electron chi connectivity index (χ4n) is 1.46. The van der Waals surface area contributed by atoms with E-state index in [0.29, 0.717) is 17.1 Å². The van der Waals surface area contributed by atoms with Crippen molar-refractivity contribution in [1.29, 1.82) is 0 Å². The monoisotopic (exact) mass is 225 g/mol. The molecular formula is C11H9ClFNO. The van der Waals surface area contributed by atoms with Gasteiger partial charge in [0.05, 0.1) is 5.52 Å². The van der Waals surface area contributed by atoms with Crippen LogP contribution in [0.15, 0.2) is 24.3 Å². The highest BCUT2D eigenvalue weighted by Gasteiger charge is 2.05. The van der Waals surface area contributed by atoms with Crippen LogP contribution in [-0.2, 0) is 6.42 Å². The maximum atomic E-state index is 12.9. The summed E-state index contributed by atoms with van der Waals surface area (Å²) in [5.41, 5.74) is 1.31. The highest BCUT2D eigenvalue weighted by molar-refractivity contribution is 6.30. The summed E-state index contributed by atoms with van der Waals surface area (Å²) in [6, 6.07) is 6.18. The zero-order valence-corrected chi connectivity index (χ0v) is 8.63. The Balaban J connectivity index is 2.60. The van der Waals surface area contributed by atoms with Gasteiger partial charge in [-0.15, -0.1) is 0 Å². The number of halogens is 2. The van der Waals surface area contributed by atoms with Gasteiger partial charge in [-0.25, -0.2) is 9.37 Å². The Morgan fingerprint density at radius 2 is 2.13 bits per heavy atom. The molecule has 0 amide bonds. The summed E-state index contributed by atoms with van der Waals surface area (Å²) in [6.45, 7) is 0.0219. The zero-order chi connectivity index (χ0) is 10.8. The van der Waals surface area contributed by atoms with Gasteiger partial charge in [-0.1, -0.05) is 11.6 Å². The lowest BCUT2D eigenvalue weighted by Gasteiger charge is -2.04. The van der Waals surface area contributed by atoms with E-state index in [1.54, 1.807) is 6.07 Å². The van der Waals surface area contributed by atoms with Crippen molar-refractivity contribution in [3.05, 3.63) is 40.8 Å². The molecule has 0 saturated heterocycles. The van der Waals surface area contributed by atoms with Crippen LogP contribution in [0.5, 0.6) is 0 Å². The SMILES string of the molecule is OCCc1cc2ccc(F)cc2nc1Cl. The number of aliphatic hydroxyl groups is 1. The third-order valence-corrected chi connectivity index (χ3v) is 2.51. The number of benzene rings is 1. The third kappa shape index (κ3) is 2.08. The van der Waals surface area contributed by atoms with Gasteiger partial charge in [0.1, 0.15) is 11.0 Å². The van der Waals surface area contributed by atoms with E-state index in [-0.39, 0.29) is 12.4 Å². The summed E-state index contributed by atoms with van der Waals surface area (Å²) in [5, 5.41) is 9.96. The molecule has 2 rings (SSSR count). The molecule has 0 atom stereocenters. The second kappa shape index (κ2) is 4.13. The first-order valence-corrected chi connectivity index (χ1v) is 4.94. The summed E-state index contributed by atoms with van der Waals surface area (Å²) < 4.78 is 12.9. The fourth-order valence-corrected chi connectivity index (χ4v) is 1.70. The van der Waals surface area contributed by atoms with E-state index >= 15 is 0 Å². The van der Waals surface area contributed by atoms with E-state index in [4.69, 9.17) is 16.7 Å². The van der Waals surface area contributed by atoms with E-state index in [1.807, 2.05) is 6.07 Å². The van der Waals surface area contributed by atoms with Crippen LogP contribution in [-0.4, -0.2) is 16.7 Å². The van der Waals surface area contributed by atoms with Gasteiger partial charge >= 0.3 is 0 Å². The van der Waals surface area contributed by atoms with Crippen LogP contribution in [0.4, 0.5) is 4.39 Å². The second-order valence-electron chi connectivity index (χ2n) is 3.25. The van der Waals surface area contributed by atoms with Crippen LogP contribution in [0, 0.1) is 5.82 Å². The predicted octanol–water partition coefficient (Wildman–Crippen LogP) is 2.56. The highest BCUT2D eigenvalue weighted by atomic mass is 35.5. The zero-order valence-electron chi connectivity index (χ0n) is 7.87. The van der Waals surface area contributed by atoms with Crippen LogP contribution >= 0.6 is 11.6 Å². The fraction of sp³-hybridized carbons (Fsp3) is 0.182. The molecule has 0 aliphatic heterocycles. The number of fused-ring (bicyclic) bond motifs is 1. The van der Waals surface area contributed by atoms with E-state index in [1.165, 1.54) is 12.1 Å². The highest BCUT2D eigenvalue weighted by Crippen LogP contribution is 2.21. The van der Waals surface area contributed by atoms with E-state index in [0.717, 1.165) is 10.9 Å². The minimum Gasteiger partial charge on any atom is -0.396 e. The molecule has 1 aromatic heterocycles. The molecule has 0 bridgehead atoms. The number of hydrogen-bond acceptors (Lipinski definition) is 2. The first-order valence-electron chi connectivity index (χ1n) is 4.56. The third-order valence-electron chi connectivity index (χ3n) is 2.19. The van der Waals surface area contributed by atoms with Crippen LogP contribution in [0.1, 0.15) is 5.56 Å². The number of hydrogen-bond donors (Lipinski definition) is 1. The van der Waals surface area contributed by atoms with Crippen molar-refractivity contribution in [1.82, 2.24) is 4.98 Å². The largest absolute Gasteiger partial charge is 0.396 e. The van der Waals surface area contributed by atoms with E-state index < -0.39 is 0 Å². The van der Waals surface area contributed by atoms with Gasteiger partial charge in [0, 0.05) is 18.1 Å². The van der Waals surface area contributed by atoms with Gasteiger partial charge in [-0.3, -0.25) is 0 Å². The Morgan fingerprint density at radius 1 is 1.33 bits per heavy atom. The Hall–Kier alpha value is -1.19. The number of pyridine rings is 1. The van der Waals surface area contributed by atoms with Crippen molar-refractivity contribution in [3.63, 3.8) is 0 Å². The standard InChI is InChI=1S/C11H9ClFNO/c12-11-8(3-4-15)5-7-1-2-9(13)6-10(7)14-11/h1-2,5-6,15H,3-4H2. The maximum absolute atomic E-state index is 12.9. The average molecular weight is 226 g/mol. The minimum absolute atomic E-state index is 0.0219. The predicted molar refractivity (Wildman–Crippen MR) is 57.5 cm³/mol. The summed E-state index contributed by atoms with van der Waals surface area (Å²) >= 11 is 5.89. The van der Waals surface area contributed by atoms with Crippen LogP contribution in [0.25, 0.3) is 10.9 Å². The lowest BCUT2D eigenvalue weighted by molar-refractivity contribution is 0.299. The number of aromatic nitrogens is 1. The number of nitrogens with zero attached hydrogens (tertiary/aromatic N) is 1. The molecule has 0 spiro atoms. The molecule has 78 valence electrons. The van der Waals surface area contributed by atoms with Crippen LogP contribution in [0.3, 0.4) is 0 Å². The first-order chi connectivity index (χ1) is 7.20.